The minimum Gasteiger partial charge on any atom is -0.474 e. The molecular weight excluding hydrogens is 114 g/mol. The van der Waals surface area contributed by atoms with Gasteiger partial charge in [0.2, 0.25) is 0 Å². The van der Waals surface area contributed by atoms with Crippen molar-refractivity contribution < 1.29 is 4.74 Å². The minimum atomic E-state index is 0.0527. The normalized spacial score (nSPS) is 31.4. The molecule has 1 N–H and O–H groups in total. The number of rotatable bonds is 0. The Morgan fingerprint density at radius 2 is 2.22 bits per heavy atom. The first-order valence-corrected chi connectivity index (χ1v) is 3.16. The van der Waals surface area contributed by atoms with Gasteiger partial charge >= 0.3 is 0 Å². The molecule has 1 aliphatic rings. The van der Waals surface area contributed by atoms with Gasteiger partial charge in [-0.1, -0.05) is 0 Å². The molecule has 0 aromatic rings. The van der Waals surface area contributed by atoms with E-state index in [1.165, 1.54) is 0 Å². The van der Waals surface area contributed by atoms with Crippen LogP contribution in [0.3, 0.4) is 0 Å². The summed E-state index contributed by atoms with van der Waals surface area (Å²) in [5.41, 5.74) is 0.0527. The molecule has 0 saturated carbocycles. The molecule has 52 valence electrons. The second kappa shape index (κ2) is 1.66. The fraction of sp³-hybridized carbons (Fsp3) is 0.714. The predicted octanol–water partition coefficient (Wildman–Crippen LogP) is 1.24. The molecule has 2 heteroatoms. The van der Waals surface area contributed by atoms with Gasteiger partial charge < -0.3 is 10.1 Å². The summed E-state index contributed by atoms with van der Waals surface area (Å²) in [6.45, 7) is 9.89. The maximum Gasteiger partial charge on any atom is 0.180 e. The Labute approximate surface area is 55.9 Å². The standard InChI is InChI=1S/C7H13NO/c1-5-7(3,4)8-6(2)9-5/h5,8H,2H2,1,3-4H3. The van der Waals surface area contributed by atoms with Gasteiger partial charge in [-0.15, -0.1) is 0 Å². The van der Waals surface area contributed by atoms with E-state index in [0.29, 0.717) is 5.88 Å². The van der Waals surface area contributed by atoms with Crippen molar-refractivity contribution in [3.8, 4) is 0 Å². The van der Waals surface area contributed by atoms with Gasteiger partial charge in [-0.3, -0.25) is 0 Å². The van der Waals surface area contributed by atoms with Crippen LogP contribution >= 0.6 is 0 Å². The quantitative estimate of drug-likeness (QED) is 0.528. The van der Waals surface area contributed by atoms with Crippen LogP contribution in [0.25, 0.3) is 0 Å². The lowest BCUT2D eigenvalue weighted by molar-refractivity contribution is 0.144. The lowest BCUT2D eigenvalue weighted by Gasteiger charge is -2.19. The van der Waals surface area contributed by atoms with Crippen molar-refractivity contribution in [2.75, 3.05) is 0 Å². The van der Waals surface area contributed by atoms with E-state index in [1.807, 2.05) is 6.92 Å². The van der Waals surface area contributed by atoms with E-state index in [-0.39, 0.29) is 11.6 Å². The minimum absolute atomic E-state index is 0.0527. The van der Waals surface area contributed by atoms with E-state index in [1.54, 1.807) is 0 Å². The molecule has 1 saturated heterocycles. The third-order valence-electron chi connectivity index (χ3n) is 1.80. The van der Waals surface area contributed by atoms with Crippen LogP contribution in [0, 0.1) is 0 Å². The second-order valence-corrected chi connectivity index (χ2v) is 3.03. The van der Waals surface area contributed by atoms with Gasteiger partial charge in [0.1, 0.15) is 6.10 Å². The fourth-order valence-corrected chi connectivity index (χ4v) is 0.851. The summed E-state index contributed by atoms with van der Waals surface area (Å²) in [6.07, 6.45) is 0.227. The molecule has 1 heterocycles. The highest BCUT2D eigenvalue weighted by atomic mass is 16.5. The third kappa shape index (κ3) is 1.02. The maximum atomic E-state index is 5.27. The van der Waals surface area contributed by atoms with Gasteiger partial charge in [0.15, 0.2) is 5.88 Å². The summed E-state index contributed by atoms with van der Waals surface area (Å²) in [5, 5.41) is 3.13. The molecule has 1 unspecified atom stereocenters. The summed E-state index contributed by atoms with van der Waals surface area (Å²) in [6, 6.07) is 0. The summed E-state index contributed by atoms with van der Waals surface area (Å²) < 4.78 is 5.27. The highest BCUT2D eigenvalue weighted by Crippen LogP contribution is 2.22. The SMILES string of the molecule is C=C1NC(C)(C)C(C)O1. The molecule has 0 bridgehead atoms. The maximum absolute atomic E-state index is 5.27. The van der Waals surface area contributed by atoms with E-state index in [9.17, 15) is 0 Å². The van der Waals surface area contributed by atoms with E-state index in [2.05, 4.69) is 25.7 Å². The Hall–Kier alpha value is -0.660. The Bertz CT molecular complexity index is 140. The van der Waals surface area contributed by atoms with Crippen molar-refractivity contribution in [2.45, 2.75) is 32.4 Å². The van der Waals surface area contributed by atoms with Gasteiger partial charge in [0.05, 0.1) is 5.54 Å². The summed E-state index contributed by atoms with van der Waals surface area (Å²) in [5.74, 6) is 0.688. The molecule has 0 spiro atoms. The Balaban J connectivity index is 2.69. The average molecular weight is 127 g/mol. The van der Waals surface area contributed by atoms with Crippen LogP contribution in [-0.4, -0.2) is 11.6 Å². The first-order valence-electron chi connectivity index (χ1n) is 3.16. The molecular formula is C7H13NO. The van der Waals surface area contributed by atoms with Gasteiger partial charge in [-0.25, -0.2) is 0 Å². The van der Waals surface area contributed by atoms with E-state index < -0.39 is 0 Å². The molecule has 1 fully saturated rings. The van der Waals surface area contributed by atoms with Crippen LogP contribution < -0.4 is 5.32 Å². The lowest BCUT2D eigenvalue weighted by atomic mass is 10.0. The molecule has 1 aliphatic heterocycles. The second-order valence-electron chi connectivity index (χ2n) is 3.03. The molecule has 0 aromatic carbocycles. The highest BCUT2D eigenvalue weighted by molar-refractivity contribution is 5.01. The van der Waals surface area contributed by atoms with Crippen LogP contribution in [0.5, 0.6) is 0 Å². The van der Waals surface area contributed by atoms with Crippen LogP contribution in [0.1, 0.15) is 20.8 Å². The zero-order valence-electron chi connectivity index (χ0n) is 6.19. The number of hydrogen-bond donors (Lipinski definition) is 1. The molecule has 0 radical (unpaired) electrons. The largest absolute Gasteiger partial charge is 0.474 e. The number of nitrogens with one attached hydrogen (secondary N) is 1. The van der Waals surface area contributed by atoms with Crippen LogP contribution in [-0.2, 0) is 4.74 Å². The number of hydrogen-bond acceptors (Lipinski definition) is 2. The van der Waals surface area contributed by atoms with Crippen LogP contribution in [0.2, 0.25) is 0 Å². The van der Waals surface area contributed by atoms with Crippen LogP contribution in [0.15, 0.2) is 12.5 Å². The van der Waals surface area contributed by atoms with Gasteiger partial charge in [0, 0.05) is 0 Å². The summed E-state index contributed by atoms with van der Waals surface area (Å²) in [7, 11) is 0. The Morgan fingerprint density at radius 1 is 1.67 bits per heavy atom. The lowest BCUT2D eigenvalue weighted by Crippen LogP contribution is -2.39. The van der Waals surface area contributed by atoms with Gasteiger partial charge in [0.25, 0.3) is 0 Å². The molecule has 1 rings (SSSR count). The third-order valence-corrected chi connectivity index (χ3v) is 1.80. The van der Waals surface area contributed by atoms with E-state index >= 15 is 0 Å². The fourth-order valence-electron chi connectivity index (χ4n) is 0.851. The van der Waals surface area contributed by atoms with Gasteiger partial charge in [-0.2, -0.15) is 0 Å². The molecule has 0 amide bonds. The molecule has 0 aromatic heterocycles. The van der Waals surface area contributed by atoms with Gasteiger partial charge in [-0.05, 0) is 27.4 Å². The monoisotopic (exact) mass is 127 g/mol. The molecule has 1 atom stereocenters. The summed E-state index contributed by atoms with van der Waals surface area (Å²) >= 11 is 0. The Kier molecular flexibility index (Phi) is 1.19. The van der Waals surface area contributed by atoms with Crippen molar-refractivity contribution >= 4 is 0 Å². The summed E-state index contributed by atoms with van der Waals surface area (Å²) in [4.78, 5) is 0. The van der Waals surface area contributed by atoms with E-state index in [4.69, 9.17) is 4.74 Å². The Morgan fingerprint density at radius 3 is 2.33 bits per heavy atom. The first-order chi connectivity index (χ1) is 4.02. The average Bonchev–Trinajstić information content (AvgIpc) is 1.79. The molecule has 2 nitrogen and oxygen atoms in total. The molecule has 0 aliphatic carbocycles. The van der Waals surface area contributed by atoms with Crippen molar-refractivity contribution in [3.63, 3.8) is 0 Å². The predicted molar refractivity (Wildman–Crippen MR) is 36.9 cm³/mol. The van der Waals surface area contributed by atoms with Crippen molar-refractivity contribution in [2.24, 2.45) is 0 Å². The zero-order chi connectivity index (χ0) is 7.07. The topological polar surface area (TPSA) is 21.3 Å². The van der Waals surface area contributed by atoms with Crippen LogP contribution in [0.4, 0.5) is 0 Å². The number of ether oxygens (including phenoxy) is 1. The highest BCUT2D eigenvalue weighted by Gasteiger charge is 2.34. The van der Waals surface area contributed by atoms with Crippen molar-refractivity contribution in [1.82, 2.24) is 5.32 Å². The van der Waals surface area contributed by atoms with E-state index in [0.717, 1.165) is 0 Å². The van der Waals surface area contributed by atoms with Crippen molar-refractivity contribution in [1.29, 1.82) is 0 Å². The van der Waals surface area contributed by atoms with Crippen molar-refractivity contribution in [3.05, 3.63) is 12.5 Å². The zero-order valence-corrected chi connectivity index (χ0v) is 6.19. The molecule has 9 heavy (non-hydrogen) atoms. The smallest absolute Gasteiger partial charge is 0.180 e. The first kappa shape index (κ1) is 6.46.